The molecule has 1 aromatic heterocycles. The van der Waals surface area contributed by atoms with Crippen molar-refractivity contribution in [2.45, 2.75) is 33.5 Å². The second-order valence-electron chi connectivity index (χ2n) is 6.13. The van der Waals surface area contributed by atoms with Gasteiger partial charge >= 0.3 is 0 Å². The highest BCUT2D eigenvalue weighted by atomic mass is 19.1. The Morgan fingerprint density at radius 3 is 2.41 bits per heavy atom. The Kier molecular flexibility index (Phi) is 8.48. The maximum absolute atomic E-state index is 13.8. The molecule has 7 heteroatoms. The number of rotatable bonds is 8. The second kappa shape index (κ2) is 11.1. The molecule has 0 bridgehead atoms. The van der Waals surface area contributed by atoms with Gasteiger partial charge in [0.05, 0.1) is 12.3 Å². The summed E-state index contributed by atoms with van der Waals surface area (Å²) in [5, 5.41) is 5.30. The third-order valence-electron chi connectivity index (χ3n) is 3.88. The van der Waals surface area contributed by atoms with Crippen LogP contribution in [-0.2, 0) is 11.3 Å². The highest BCUT2D eigenvalue weighted by molar-refractivity contribution is 5.63. The van der Waals surface area contributed by atoms with Gasteiger partial charge in [-0.3, -0.25) is 15.0 Å². The van der Waals surface area contributed by atoms with Crippen LogP contribution in [0.4, 0.5) is 4.39 Å². The standard InChI is InChI=1S/C20H21FN2O4.C2H6/c1-13(11-25-2)27-17-8-15(19-10-20(24)23-22-19)7-16(9-17)26-12-14-5-3-4-6-18(14)21;1-2/h3-10,13H,11-12H2,1-2H3,(H2,22,23,24);1-2H3. The SMILES string of the molecule is CC.COCC(C)Oc1cc(OCc2ccccc2F)cc(-c2cc(=O)[nH][nH]2)c1. The molecule has 6 nitrogen and oxygen atoms in total. The smallest absolute Gasteiger partial charge is 0.264 e. The molecule has 1 atom stereocenters. The molecule has 3 rings (SSSR count). The highest BCUT2D eigenvalue weighted by Crippen LogP contribution is 2.29. The molecule has 3 aromatic rings. The monoisotopic (exact) mass is 402 g/mol. The summed E-state index contributed by atoms with van der Waals surface area (Å²) >= 11 is 0. The van der Waals surface area contributed by atoms with Crippen molar-refractivity contribution in [2.75, 3.05) is 13.7 Å². The molecule has 0 aliphatic heterocycles. The molecule has 1 heterocycles. The van der Waals surface area contributed by atoms with Gasteiger partial charge < -0.3 is 14.2 Å². The summed E-state index contributed by atoms with van der Waals surface area (Å²) in [7, 11) is 1.60. The average molecular weight is 402 g/mol. The van der Waals surface area contributed by atoms with Crippen LogP contribution in [0.15, 0.2) is 53.3 Å². The van der Waals surface area contributed by atoms with Crippen LogP contribution in [0.1, 0.15) is 26.3 Å². The van der Waals surface area contributed by atoms with Gasteiger partial charge in [-0.15, -0.1) is 0 Å². The van der Waals surface area contributed by atoms with Crippen molar-refractivity contribution < 1.29 is 18.6 Å². The van der Waals surface area contributed by atoms with E-state index in [0.29, 0.717) is 34.9 Å². The first kappa shape index (κ1) is 22.2. The highest BCUT2D eigenvalue weighted by Gasteiger charge is 2.11. The molecule has 0 fully saturated rings. The van der Waals surface area contributed by atoms with Gasteiger partial charge in [-0.25, -0.2) is 4.39 Å². The lowest BCUT2D eigenvalue weighted by atomic mass is 10.1. The van der Waals surface area contributed by atoms with Gasteiger partial charge in [0.2, 0.25) is 0 Å². The van der Waals surface area contributed by atoms with Gasteiger partial charge in [0, 0.05) is 30.4 Å². The summed E-state index contributed by atoms with van der Waals surface area (Å²) < 4.78 is 30.5. The van der Waals surface area contributed by atoms with Gasteiger partial charge in [0.1, 0.15) is 30.0 Å². The molecule has 0 amide bonds. The van der Waals surface area contributed by atoms with Gasteiger partial charge in [-0.1, -0.05) is 32.0 Å². The van der Waals surface area contributed by atoms with Crippen LogP contribution >= 0.6 is 0 Å². The van der Waals surface area contributed by atoms with E-state index in [1.807, 2.05) is 20.8 Å². The summed E-state index contributed by atoms with van der Waals surface area (Å²) in [6.45, 7) is 6.39. The van der Waals surface area contributed by atoms with Crippen molar-refractivity contribution in [3.05, 3.63) is 70.3 Å². The van der Waals surface area contributed by atoms with Crippen LogP contribution in [-0.4, -0.2) is 30.0 Å². The topological polar surface area (TPSA) is 76.3 Å². The lowest BCUT2D eigenvalue weighted by Crippen LogP contribution is -2.18. The van der Waals surface area contributed by atoms with Gasteiger partial charge in [0.15, 0.2) is 0 Å². The second-order valence-corrected chi connectivity index (χ2v) is 6.13. The fraction of sp³-hybridized carbons (Fsp3) is 0.318. The molecular weight excluding hydrogens is 375 g/mol. The number of nitrogens with one attached hydrogen (secondary N) is 2. The molecule has 2 aromatic carbocycles. The van der Waals surface area contributed by atoms with Crippen molar-refractivity contribution in [3.8, 4) is 22.8 Å². The number of benzene rings is 2. The zero-order valence-electron chi connectivity index (χ0n) is 17.1. The number of aromatic nitrogens is 2. The van der Waals surface area contributed by atoms with E-state index in [9.17, 15) is 9.18 Å². The predicted octanol–water partition coefficient (Wildman–Crippen LogP) is 4.53. The van der Waals surface area contributed by atoms with Crippen molar-refractivity contribution >= 4 is 0 Å². The summed E-state index contributed by atoms with van der Waals surface area (Å²) in [5.74, 6) is 0.730. The average Bonchev–Trinajstić information content (AvgIpc) is 3.15. The summed E-state index contributed by atoms with van der Waals surface area (Å²) in [6.07, 6.45) is -0.171. The Morgan fingerprint density at radius 2 is 1.76 bits per heavy atom. The predicted molar refractivity (Wildman–Crippen MR) is 111 cm³/mol. The third-order valence-corrected chi connectivity index (χ3v) is 3.88. The molecule has 0 aliphatic carbocycles. The number of hydrogen-bond acceptors (Lipinski definition) is 4. The summed E-state index contributed by atoms with van der Waals surface area (Å²) in [5.41, 5.74) is 1.52. The first-order chi connectivity index (χ1) is 14.0. The van der Waals surface area contributed by atoms with Crippen LogP contribution in [0, 0.1) is 5.82 Å². The summed E-state index contributed by atoms with van der Waals surface area (Å²) in [4.78, 5) is 11.4. The molecule has 0 spiro atoms. The molecule has 156 valence electrons. The Bertz CT molecular complexity index is 952. The van der Waals surface area contributed by atoms with Gasteiger partial charge in [-0.05, 0) is 25.1 Å². The number of methoxy groups -OCH3 is 1. The quantitative estimate of drug-likeness (QED) is 0.580. The number of aromatic amines is 2. The van der Waals surface area contributed by atoms with Gasteiger partial charge in [0.25, 0.3) is 5.56 Å². The van der Waals surface area contributed by atoms with Crippen LogP contribution < -0.4 is 15.0 Å². The van der Waals surface area contributed by atoms with Crippen LogP contribution in [0.3, 0.4) is 0 Å². The van der Waals surface area contributed by atoms with Crippen LogP contribution in [0.25, 0.3) is 11.3 Å². The first-order valence-corrected chi connectivity index (χ1v) is 9.50. The lowest BCUT2D eigenvalue weighted by Gasteiger charge is -2.16. The van der Waals surface area contributed by atoms with E-state index in [1.165, 1.54) is 12.1 Å². The van der Waals surface area contributed by atoms with Crippen LogP contribution in [0.5, 0.6) is 11.5 Å². The minimum absolute atomic E-state index is 0.0762. The first-order valence-electron chi connectivity index (χ1n) is 9.50. The molecule has 0 aliphatic rings. The maximum atomic E-state index is 13.8. The largest absolute Gasteiger partial charge is 0.489 e. The van der Waals surface area contributed by atoms with E-state index in [2.05, 4.69) is 10.2 Å². The Hall–Kier alpha value is -3.06. The number of hydrogen-bond donors (Lipinski definition) is 2. The van der Waals surface area contributed by atoms with E-state index in [1.54, 1.807) is 43.5 Å². The van der Waals surface area contributed by atoms with Crippen molar-refractivity contribution in [3.63, 3.8) is 0 Å². The lowest BCUT2D eigenvalue weighted by molar-refractivity contribution is 0.0919. The normalized spacial score (nSPS) is 11.3. The molecule has 0 saturated heterocycles. The summed E-state index contributed by atoms with van der Waals surface area (Å²) in [6, 6.07) is 13.2. The van der Waals surface area contributed by atoms with E-state index in [-0.39, 0.29) is 24.1 Å². The fourth-order valence-electron chi connectivity index (χ4n) is 2.64. The van der Waals surface area contributed by atoms with E-state index >= 15 is 0 Å². The zero-order chi connectivity index (χ0) is 21.2. The number of ether oxygens (including phenoxy) is 3. The number of halogens is 1. The molecule has 0 radical (unpaired) electrons. The Labute approximate surface area is 169 Å². The maximum Gasteiger partial charge on any atom is 0.264 e. The molecule has 2 N–H and O–H groups in total. The van der Waals surface area contributed by atoms with E-state index < -0.39 is 0 Å². The van der Waals surface area contributed by atoms with Crippen molar-refractivity contribution in [1.82, 2.24) is 10.2 Å². The van der Waals surface area contributed by atoms with E-state index in [4.69, 9.17) is 14.2 Å². The third kappa shape index (κ3) is 6.50. The Morgan fingerprint density at radius 1 is 1.03 bits per heavy atom. The van der Waals surface area contributed by atoms with Gasteiger partial charge in [-0.2, -0.15) is 0 Å². The molecule has 1 unspecified atom stereocenters. The van der Waals surface area contributed by atoms with Crippen molar-refractivity contribution in [2.24, 2.45) is 0 Å². The molecular formula is C22H27FN2O4. The van der Waals surface area contributed by atoms with E-state index in [0.717, 1.165) is 0 Å². The molecule has 29 heavy (non-hydrogen) atoms. The molecule has 0 saturated carbocycles. The Balaban J connectivity index is 0.00000145. The minimum atomic E-state index is -0.325. The van der Waals surface area contributed by atoms with Crippen LogP contribution in [0.2, 0.25) is 0 Å². The zero-order valence-corrected chi connectivity index (χ0v) is 17.1. The minimum Gasteiger partial charge on any atom is -0.489 e. The number of H-pyrrole nitrogens is 2. The van der Waals surface area contributed by atoms with Crippen molar-refractivity contribution in [1.29, 1.82) is 0 Å². The fourth-order valence-corrected chi connectivity index (χ4v) is 2.64.